The van der Waals surface area contributed by atoms with Crippen molar-refractivity contribution in [2.75, 3.05) is 22.2 Å². The fraction of sp³-hybridized carbons (Fsp3) is 0.0476. The summed E-state index contributed by atoms with van der Waals surface area (Å²) in [6.45, 7) is 3.28. The SMILES string of the molecule is C=NN(C(=O)CNc1cccc(C(=O)Nc2ccccc2)c1)c1c(Cl)cncc1Cl. The minimum absolute atomic E-state index is 0.127. The predicted molar refractivity (Wildman–Crippen MR) is 121 cm³/mol. The van der Waals surface area contributed by atoms with E-state index in [-0.39, 0.29) is 28.2 Å². The van der Waals surface area contributed by atoms with Crippen LogP contribution in [0.5, 0.6) is 0 Å². The number of carbonyl (C=O) groups excluding carboxylic acids is 2. The van der Waals surface area contributed by atoms with Gasteiger partial charge in [0.05, 0.1) is 16.6 Å². The van der Waals surface area contributed by atoms with E-state index < -0.39 is 5.91 Å². The van der Waals surface area contributed by atoms with Gasteiger partial charge >= 0.3 is 0 Å². The molecular weight excluding hydrogens is 425 g/mol. The Morgan fingerprint density at radius 3 is 2.33 bits per heavy atom. The molecule has 1 heterocycles. The number of hydrogen-bond donors (Lipinski definition) is 2. The molecule has 2 aromatic carbocycles. The number of carbonyl (C=O) groups is 2. The predicted octanol–water partition coefficient (Wildman–Crippen LogP) is 4.70. The highest BCUT2D eigenvalue weighted by Gasteiger charge is 2.20. The lowest BCUT2D eigenvalue weighted by atomic mass is 10.2. The summed E-state index contributed by atoms with van der Waals surface area (Å²) < 4.78 is 0. The summed E-state index contributed by atoms with van der Waals surface area (Å²) in [6.07, 6.45) is 2.72. The average Bonchev–Trinajstić information content (AvgIpc) is 2.75. The molecule has 3 rings (SSSR count). The summed E-state index contributed by atoms with van der Waals surface area (Å²) in [5, 5.41) is 10.8. The molecule has 1 aromatic heterocycles. The van der Waals surface area contributed by atoms with Crippen molar-refractivity contribution in [1.82, 2.24) is 4.98 Å². The maximum atomic E-state index is 12.6. The normalized spacial score (nSPS) is 10.2. The van der Waals surface area contributed by atoms with Crippen LogP contribution in [0, 0.1) is 0 Å². The van der Waals surface area contributed by atoms with Crippen molar-refractivity contribution in [3.05, 3.63) is 82.6 Å². The van der Waals surface area contributed by atoms with Gasteiger partial charge in [-0.1, -0.05) is 47.5 Å². The van der Waals surface area contributed by atoms with E-state index in [9.17, 15) is 9.59 Å². The molecule has 0 fully saturated rings. The number of rotatable bonds is 7. The van der Waals surface area contributed by atoms with E-state index >= 15 is 0 Å². The van der Waals surface area contributed by atoms with Crippen LogP contribution >= 0.6 is 23.2 Å². The van der Waals surface area contributed by atoms with Gasteiger partial charge in [-0.25, -0.2) is 0 Å². The Bertz CT molecular complexity index is 1060. The third-order valence-electron chi connectivity index (χ3n) is 4.02. The lowest BCUT2D eigenvalue weighted by Crippen LogP contribution is -2.31. The van der Waals surface area contributed by atoms with Gasteiger partial charge in [0.2, 0.25) is 0 Å². The number of halogens is 2. The molecule has 0 aliphatic rings. The monoisotopic (exact) mass is 441 g/mol. The van der Waals surface area contributed by atoms with Crippen molar-refractivity contribution in [1.29, 1.82) is 0 Å². The van der Waals surface area contributed by atoms with Crippen LogP contribution < -0.4 is 15.6 Å². The van der Waals surface area contributed by atoms with Crippen LogP contribution in [0.1, 0.15) is 10.4 Å². The molecule has 152 valence electrons. The highest BCUT2D eigenvalue weighted by atomic mass is 35.5. The Balaban J connectivity index is 1.68. The van der Waals surface area contributed by atoms with Crippen LogP contribution in [0.15, 0.2) is 72.1 Å². The highest BCUT2D eigenvalue weighted by Crippen LogP contribution is 2.32. The number of benzene rings is 2. The summed E-state index contributed by atoms with van der Waals surface area (Å²) in [7, 11) is 0. The van der Waals surface area contributed by atoms with Crippen LogP contribution in [0.25, 0.3) is 0 Å². The summed E-state index contributed by atoms with van der Waals surface area (Å²) in [5.74, 6) is -0.708. The van der Waals surface area contributed by atoms with Crippen molar-refractivity contribution in [2.45, 2.75) is 0 Å². The van der Waals surface area contributed by atoms with Crippen LogP contribution in [0.3, 0.4) is 0 Å². The Hall–Kier alpha value is -3.42. The van der Waals surface area contributed by atoms with Gasteiger partial charge in [-0.15, -0.1) is 0 Å². The molecule has 0 atom stereocenters. The molecule has 0 unspecified atom stereocenters. The second-order valence-corrected chi connectivity index (χ2v) is 6.87. The van der Waals surface area contributed by atoms with E-state index in [0.29, 0.717) is 16.9 Å². The third-order valence-corrected chi connectivity index (χ3v) is 4.57. The second-order valence-electron chi connectivity index (χ2n) is 6.05. The number of pyridine rings is 1. The number of nitrogens with zero attached hydrogens (tertiary/aromatic N) is 3. The van der Waals surface area contributed by atoms with Crippen molar-refractivity contribution in [3.63, 3.8) is 0 Å². The Kier molecular flexibility index (Phi) is 7.00. The molecule has 0 aliphatic heterocycles. The van der Waals surface area contributed by atoms with Crippen LogP contribution in [0.4, 0.5) is 17.1 Å². The minimum Gasteiger partial charge on any atom is -0.376 e. The topological polar surface area (TPSA) is 86.7 Å². The van der Waals surface area contributed by atoms with Crippen molar-refractivity contribution < 1.29 is 9.59 Å². The number of hydrazone groups is 1. The van der Waals surface area contributed by atoms with Gasteiger partial charge in [0.15, 0.2) is 0 Å². The van der Waals surface area contributed by atoms with E-state index in [1.165, 1.54) is 12.4 Å². The van der Waals surface area contributed by atoms with Crippen molar-refractivity contribution in [3.8, 4) is 0 Å². The lowest BCUT2D eigenvalue weighted by Gasteiger charge is -2.19. The zero-order valence-electron chi connectivity index (χ0n) is 15.7. The standard InChI is InChI=1S/C21H17Cl2N5O2/c1-24-28(20-17(22)11-25-12-18(20)23)19(29)13-26-16-9-5-6-14(10-16)21(30)27-15-7-3-2-4-8-15/h2-12,26H,1,13H2,(H,27,30). The molecule has 0 radical (unpaired) electrons. The van der Waals surface area contributed by atoms with E-state index in [1.54, 1.807) is 36.4 Å². The summed E-state index contributed by atoms with van der Waals surface area (Å²) in [5.41, 5.74) is 1.91. The number of amides is 2. The van der Waals surface area contributed by atoms with Crippen LogP contribution in [-0.4, -0.2) is 30.1 Å². The third kappa shape index (κ3) is 5.14. The summed E-state index contributed by atoms with van der Waals surface area (Å²) in [6, 6.07) is 15.9. The molecule has 0 aliphatic carbocycles. The number of aromatic nitrogens is 1. The van der Waals surface area contributed by atoms with E-state index in [2.05, 4.69) is 27.4 Å². The Morgan fingerprint density at radius 2 is 1.67 bits per heavy atom. The first-order valence-electron chi connectivity index (χ1n) is 8.78. The largest absolute Gasteiger partial charge is 0.376 e. The zero-order chi connectivity index (χ0) is 21.5. The summed E-state index contributed by atoms with van der Waals surface area (Å²) in [4.78, 5) is 28.9. The molecular formula is C21H17Cl2N5O2. The van der Waals surface area contributed by atoms with Gasteiger partial charge in [-0.05, 0) is 30.3 Å². The number of anilines is 3. The van der Waals surface area contributed by atoms with Crippen molar-refractivity contribution in [2.24, 2.45) is 5.10 Å². The maximum absolute atomic E-state index is 12.6. The van der Waals surface area contributed by atoms with Gasteiger partial charge < -0.3 is 10.6 Å². The van der Waals surface area contributed by atoms with Crippen LogP contribution in [0.2, 0.25) is 10.0 Å². The summed E-state index contributed by atoms with van der Waals surface area (Å²) >= 11 is 12.2. The Labute approximate surface area is 183 Å². The first-order valence-corrected chi connectivity index (χ1v) is 9.54. The molecule has 30 heavy (non-hydrogen) atoms. The fourth-order valence-electron chi connectivity index (χ4n) is 2.63. The zero-order valence-corrected chi connectivity index (χ0v) is 17.2. The molecule has 0 bridgehead atoms. The van der Waals surface area contributed by atoms with E-state index in [1.807, 2.05) is 18.2 Å². The number of nitrogens with one attached hydrogen (secondary N) is 2. The van der Waals surface area contributed by atoms with Gasteiger partial charge in [-0.2, -0.15) is 10.1 Å². The Morgan fingerprint density at radius 1 is 1.00 bits per heavy atom. The van der Waals surface area contributed by atoms with Gasteiger partial charge in [0.1, 0.15) is 5.69 Å². The number of para-hydroxylation sites is 1. The highest BCUT2D eigenvalue weighted by molar-refractivity contribution is 6.39. The minimum atomic E-state index is -0.445. The fourth-order valence-corrected chi connectivity index (χ4v) is 3.15. The average molecular weight is 442 g/mol. The van der Waals surface area contributed by atoms with Crippen LogP contribution in [-0.2, 0) is 4.79 Å². The quantitative estimate of drug-likeness (QED) is 0.410. The van der Waals surface area contributed by atoms with E-state index in [4.69, 9.17) is 23.2 Å². The molecule has 3 aromatic rings. The molecule has 2 amide bonds. The first-order chi connectivity index (χ1) is 14.5. The molecule has 2 N–H and O–H groups in total. The second kappa shape index (κ2) is 9.87. The molecule has 0 saturated heterocycles. The van der Waals surface area contributed by atoms with Gasteiger partial charge in [0.25, 0.3) is 11.8 Å². The molecule has 0 spiro atoms. The maximum Gasteiger partial charge on any atom is 0.266 e. The van der Waals surface area contributed by atoms with Gasteiger partial charge in [-0.3, -0.25) is 14.6 Å². The lowest BCUT2D eigenvalue weighted by molar-refractivity contribution is -0.117. The van der Waals surface area contributed by atoms with E-state index in [0.717, 1.165) is 5.01 Å². The number of hydrogen-bond acceptors (Lipinski definition) is 5. The first kappa shape index (κ1) is 21.3. The van der Waals surface area contributed by atoms with Gasteiger partial charge in [0, 0.05) is 36.0 Å². The molecule has 9 heteroatoms. The molecule has 7 nitrogen and oxygen atoms in total. The molecule has 0 saturated carbocycles. The smallest absolute Gasteiger partial charge is 0.266 e. The van der Waals surface area contributed by atoms with Crippen molar-refractivity contribution >= 4 is 58.8 Å².